The fourth-order valence-corrected chi connectivity index (χ4v) is 2.52. The Morgan fingerprint density at radius 2 is 2.29 bits per heavy atom. The van der Waals surface area contributed by atoms with E-state index in [0.717, 1.165) is 31.0 Å². The molecule has 2 heterocycles. The number of aliphatic hydroxyl groups is 1. The van der Waals surface area contributed by atoms with Gasteiger partial charge in [-0.15, -0.1) is 0 Å². The number of nitrogens with zero attached hydrogens (tertiary/aromatic N) is 3. The summed E-state index contributed by atoms with van der Waals surface area (Å²) >= 11 is 5.99. The maximum atomic E-state index is 9.45. The Balaban J connectivity index is 2.30. The normalized spacial score (nSPS) is 24.4. The van der Waals surface area contributed by atoms with Crippen LogP contribution in [0.4, 0.5) is 5.82 Å². The van der Waals surface area contributed by atoms with Gasteiger partial charge >= 0.3 is 0 Å². The van der Waals surface area contributed by atoms with Gasteiger partial charge in [-0.3, -0.25) is 0 Å². The molecule has 1 aromatic rings. The van der Waals surface area contributed by atoms with Crippen LogP contribution in [0.2, 0.25) is 5.15 Å². The second-order valence-electron chi connectivity index (χ2n) is 4.53. The van der Waals surface area contributed by atoms with Crippen molar-refractivity contribution in [3.8, 4) is 0 Å². The Labute approximate surface area is 107 Å². The molecule has 0 aromatic carbocycles. The van der Waals surface area contributed by atoms with Crippen molar-refractivity contribution >= 4 is 17.4 Å². The van der Waals surface area contributed by atoms with E-state index < -0.39 is 0 Å². The van der Waals surface area contributed by atoms with Crippen LogP contribution in [-0.2, 0) is 6.42 Å². The fourth-order valence-electron chi connectivity index (χ4n) is 2.33. The maximum Gasteiger partial charge on any atom is 0.134 e. The van der Waals surface area contributed by atoms with Gasteiger partial charge in [0.1, 0.15) is 16.8 Å². The lowest BCUT2D eigenvalue weighted by Crippen LogP contribution is -2.35. The molecule has 4 nitrogen and oxygen atoms in total. The minimum atomic E-state index is 0.144. The van der Waals surface area contributed by atoms with E-state index in [-0.39, 0.29) is 12.6 Å². The zero-order valence-electron chi connectivity index (χ0n) is 10.2. The molecule has 5 heteroatoms. The van der Waals surface area contributed by atoms with Crippen molar-refractivity contribution in [1.82, 2.24) is 9.97 Å². The summed E-state index contributed by atoms with van der Waals surface area (Å²) in [6.45, 7) is 5.24. The van der Waals surface area contributed by atoms with Gasteiger partial charge in [-0.25, -0.2) is 9.97 Å². The molecule has 0 spiro atoms. The largest absolute Gasteiger partial charge is 0.394 e. The first-order valence-electron chi connectivity index (χ1n) is 6.06. The summed E-state index contributed by atoms with van der Waals surface area (Å²) in [5, 5.41) is 9.92. The molecule has 1 aliphatic rings. The predicted molar refractivity (Wildman–Crippen MR) is 68.4 cm³/mol. The molecule has 1 aromatic heterocycles. The maximum absolute atomic E-state index is 9.45. The molecule has 0 amide bonds. The van der Waals surface area contributed by atoms with E-state index in [9.17, 15) is 5.11 Å². The number of aromatic nitrogens is 2. The van der Waals surface area contributed by atoms with Crippen LogP contribution < -0.4 is 4.90 Å². The summed E-state index contributed by atoms with van der Waals surface area (Å²) in [5.74, 6) is 2.08. The third-order valence-electron chi connectivity index (χ3n) is 3.41. The Bertz CT molecular complexity index is 399. The first kappa shape index (κ1) is 12.6. The van der Waals surface area contributed by atoms with Crippen molar-refractivity contribution in [2.75, 3.05) is 18.1 Å². The lowest BCUT2D eigenvalue weighted by molar-refractivity contribution is 0.244. The Morgan fingerprint density at radius 3 is 2.94 bits per heavy atom. The van der Waals surface area contributed by atoms with E-state index in [2.05, 4.69) is 21.8 Å². The molecule has 2 unspecified atom stereocenters. The number of anilines is 1. The van der Waals surface area contributed by atoms with E-state index in [1.165, 1.54) is 0 Å². The van der Waals surface area contributed by atoms with Crippen LogP contribution in [0.5, 0.6) is 0 Å². The second kappa shape index (κ2) is 5.19. The number of hydrogen-bond donors (Lipinski definition) is 1. The predicted octanol–water partition coefficient (Wildman–Crippen LogP) is 1.90. The molecule has 0 bridgehead atoms. The lowest BCUT2D eigenvalue weighted by Gasteiger charge is -2.26. The molecule has 1 N–H and O–H groups in total. The van der Waals surface area contributed by atoms with Gasteiger partial charge in [0.15, 0.2) is 0 Å². The topological polar surface area (TPSA) is 49.2 Å². The van der Waals surface area contributed by atoms with Crippen LogP contribution in [0, 0.1) is 5.92 Å². The van der Waals surface area contributed by atoms with Gasteiger partial charge in [-0.05, 0) is 12.3 Å². The minimum Gasteiger partial charge on any atom is -0.394 e. The first-order chi connectivity index (χ1) is 8.15. The van der Waals surface area contributed by atoms with Crippen molar-refractivity contribution in [2.24, 2.45) is 5.92 Å². The highest BCUT2D eigenvalue weighted by Crippen LogP contribution is 2.29. The highest BCUT2D eigenvalue weighted by Gasteiger charge is 2.31. The summed E-state index contributed by atoms with van der Waals surface area (Å²) < 4.78 is 0. The SMILES string of the molecule is CCc1nc(Cl)cc(N2CCC(C)C2CO)n1. The first-order valence-corrected chi connectivity index (χ1v) is 6.44. The summed E-state index contributed by atoms with van der Waals surface area (Å²) in [7, 11) is 0. The van der Waals surface area contributed by atoms with Gasteiger partial charge < -0.3 is 10.0 Å². The average Bonchev–Trinajstić information content (AvgIpc) is 2.69. The Morgan fingerprint density at radius 1 is 1.53 bits per heavy atom. The molecule has 94 valence electrons. The molecule has 1 fully saturated rings. The van der Waals surface area contributed by atoms with Gasteiger partial charge in [-0.1, -0.05) is 25.4 Å². The molecular formula is C12H18ClN3O. The second-order valence-corrected chi connectivity index (χ2v) is 4.92. The van der Waals surface area contributed by atoms with Crippen LogP contribution in [0.1, 0.15) is 26.1 Å². The molecule has 2 atom stereocenters. The van der Waals surface area contributed by atoms with Gasteiger partial charge in [0.05, 0.1) is 12.6 Å². The van der Waals surface area contributed by atoms with Crippen LogP contribution >= 0.6 is 11.6 Å². The van der Waals surface area contributed by atoms with Gasteiger partial charge in [-0.2, -0.15) is 0 Å². The third kappa shape index (κ3) is 2.53. The number of rotatable bonds is 3. The minimum absolute atomic E-state index is 0.144. The molecule has 0 radical (unpaired) electrons. The van der Waals surface area contributed by atoms with Crippen LogP contribution in [0.25, 0.3) is 0 Å². The highest BCUT2D eigenvalue weighted by atomic mass is 35.5. The number of aliphatic hydroxyl groups excluding tert-OH is 1. The molecule has 1 aliphatic heterocycles. The standard InChI is InChI=1S/C12H18ClN3O/c1-3-11-14-10(13)6-12(15-11)16-5-4-8(2)9(16)7-17/h6,8-9,17H,3-5,7H2,1-2H3. The van der Waals surface area contributed by atoms with Crippen molar-refractivity contribution < 1.29 is 5.11 Å². The van der Waals surface area contributed by atoms with Crippen LogP contribution in [0.15, 0.2) is 6.07 Å². The summed E-state index contributed by atoms with van der Waals surface area (Å²) in [6, 6.07) is 1.92. The van der Waals surface area contributed by atoms with Gasteiger partial charge in [0.25, 0.3) is 0 Å². The Hall–Kier alpha value is -0.870. The molecule has 17 heavy (non-hydrogen) atoms. The monoisotopic (exact) mass is 255 g/mol. The van der Waals surface area contributed by atoms with Crippen LogP contribution in [-0.4, -0.2) is 34.3 Å². The zero-order chi connectivity index (χ0) is 12.4. The van der Waals surface area contributed by atoms with E-state index in [1.54, 1.807) is 6.07 Å². The van der Waals surface area contributed by atoms with Crippen molar-refractivity contribution in [2.45, 2.75) is 32.7 Å². The van der Waals surface area contributed by atoms with E-state index in [1.807, 2.05) is 6.92 Å². The molecule has 0 saturated carbocycles. The smallest absolute Gasteiger partial charge is 0.134 e. The summed E-state index contributed by atoms with van der Waals surface area (Å²) in [4.78, 5) is 10.8. The lowest BCUT2D eigenvalue weighted by atomic mass is 10.0. The molecular weight excluding hydrogens is 238 g/mol. The van der Waals surface area contributed by atoms with Crippen molar-refractivity contribution in [3.05, 3.63) is 17.0 Å². The summed E-state index contributed by atoms with van der Waals surface area (Å²) in [6.07, 6.45) is 1.84. The van der Waals surface area contributed by atoms with Crippen molar-refractivity contribution in [1.29, 1.82) is 0 Å². The highest BCUT2D eigenvalue weighted by molar-refractivity contribution is 6.29. The molecule has 2 rings (SSSR count). The number of aryl methyl sites for hydroxylation is 1. The molecule has 1 saturated heterocycles. The average molecular weight is 256 g/mol. The van der Waals surface area contributed by atoms with E-state index in [4.69, 9.17) is 11.6 Å². The number of hydrogen-bond acceptors (Lipinski definition) is 4. The quantitative estimate of drug-likeness (QED) is 0.839. The Kier molecular flexibility index (Phi) is 3.84. The number of halogens is 1. The summed E-state index contributed by atoms with van der Waals surface area (Å²) in [5.41, 5.74) is 0. The van der Waals surface area contributed by atoms with E-state index in [0.29, 0.717) is 11.1 Å². The van der Waals surface area contributed by atoms with Gasteiger partial charge in [0.2, 0.25) is 0 Å². The zero-order valence-corrected chi connectivity index (χ0v) is 11.0. The van der Waals surface area contributed by atoms with Gasteiger partial charge in [0, 0.05) is 19.0 Å². The third-order valence-corrected chi connectivity index (χ3v) is 3.60. The van der Waals surface area contributed by atoms with E-state index >= 15 is 0 Å². The van der Waals surface area contributed by atoms with Crippen LogP contribution in [0.3, 0.4) is 0 Å². The fraction of sp³-hybridized carbons (Fsp3) is 0.667. The molecule has 0 aliphatic carbocycles. The van der Waals surface area contributed by atoms with Crippen molar-refractivity contribution in [3.63, 3.8) is 0 Å².